The zero-order chi connectivity index (χ0) is 11.6. The molecule has 0 saturated carbocycles. The van der Waals surface area contributed by atoms with Crippen LogP contribution in [0.4, 0.5) is 0 Å². The lowest BCUT2D eigenvalue weighted by molar-refractivity contribution is -0.524. The molecule has 0 unspecified atom stereocenters. The first-order valence-electron chi connectivity index (χ1n) is 4.32. The minimum atomic E-state index is -0.691. The summed E-state index contributed by atoms with van der Waals surface area (Å²) in [7, 11) is 0. The van der Waals surface area contributed by atoms with Crippen LogP contribution in [0.2, 0.25) is 0 Å². The van der Waals surface area contributed by atoms with Gasteiger partial charge in [0.05, 0.1) is 0 Å². The molecule has 0 rings (SSSR count). The summed E-state index contributed by atoms with van der Waals surface area (Å²) in [5.41, 5.74) is -1.38. The highest BCUT2D eigenvalue weighted by molar-refractivity contribution is 4.85. The van der Waals surface area contributed by atoms with Gasteiger partial charge in [-0.05, 0) is 0 Å². The monoisotopic (exact) mass is 204 g/mol. The first-order valence-corrected chi connectivity index (χ1v) is 4.32. The van der Waals surface area contributed by atoms with Gasteiger partial charge < -0.3 is 0 Å². The van der Waals surface area contributed by atoms with Crippen LogP contribution < -0.4 is 0 Å². The van der Waals surface area contributed by atoms with E-state index in [1.807, 2.05) is 0 Å². The van der Waals surface area contributed by atoms with E-state index in [1.54, 1.807) is 27.7 Å². The molecule has 82 valence electrons. The summed E-state index contributed by atoms with van der Waals surface area (Å²) in [6.45, 7) is 6.21. The Kier molecular flexibility index (Phi) is 3.56. The van der Waals surface area contributed by atoms with Crippen molar-refractivity contribution in [2.75, 3.05) is 13.1 Å². The fourth-order valence-corrected chi connectivity index (χ4v) is 1.07. The Bertz CT molecular complexity index is 222. The molecule has 0 amide bonds. The zero-order valence-electron chi connectivity index (χ0n) is 8.94. The van der Waals surface area contributed by atoms with E-state index in [-0.39, 0.29) is 13.1 Å². The molecule has 0 bridgehead atoms. The highest BCUT2D eigenvalue weighted by atomic mass is 16.6. The van der Waals surface area contributed by atoms with E-state index < -0.39 is 20.7 Å². The van der Waals surface area contributed by atoms with E-state index in [0.29, 0.717) is 0 Å². The molecular formula is C8H16N2O4. The maximum absolute atomic E-state index is 10.4. The predicted molar refractivity (Wildman–Crippen MR) is 51.3 cm³/mol. The van der Waals surface area contributed by atoms with Gasteiger partial charge in [-0.15, -0.1) is 0 Å². The number of nitrogens with zero attached hydrogens (tertiary/aromatic N) is 2. The van der Waals surface area contributed by atoms with Gasteiger partial charge in [0, 0.05) is 20.7 Å². The largest absolute Gasteiger partial charge is 0.265 e. The minimum absolute atomic E-state index is 0.256. The maximum Gasteiger partial charge on any atom is 0.209 e. The fourth-order valence-electron chi connectivity index (χ4n) is 1.07. The third kappa shape index (κ3) is 3.27. The molecule has 0 N–H and O–H groups in total. The predicted octanol–water partition coefficient (Wildman–Crippen LogP) is 1.59. The second-order valence-corrected chi connectivity index (χ2v) is 4.75. The molecular weight excluding hydrogens is 188 g/mol. The molecule has 0 aliphatic carbocycles. The molecule has 0 fully saturated rings. The molecule has 6 heteroatoms. The van der Waals surface area contributed by atoms with Crippen LogP contribution >= 0.6 is 0 Å². The lowest BCUT2D eigenvalue weighted by atomic mass is 9.68. The first-order chi connectivity index (χ1) is 6.08. The number of hydrogen-bond donors (Lipinski definition) is 0. The van der Waals surface area contributed by atoms with Crippen LogP contribution in [0.15, 0.2) is 0 Å². The van der Waals surface area contributed by atoms with E-state index in [1.165, 1.54) is 0 Å². The van der Waals surface area contributed by atoms with Gasteiger partial charge in [0.1, 0.15) is 0 Å². The molecule has 0 aromatic heterocycles. The SMILES string of the molecule is CC(C)(C[N+](=O)[O-])C(C)(C)C[N+](=O)[O-]. The first kappa shape index (κ1) is 12.8. The molecule has 0 heterocycles. The smallest absolute Gasteiger partial charge is 0.209 e. The van der Waals surface area contributed by atoms with Crippen LogP contribution in [0.3, 0.4) is 0 Å². The second-order valence-electron chi connectivity index (χ2n) is 4.75. The molecule has 0 radical (unpaired) electrons. The standard InChI is InChI=1S/C8H16N2O4/c1-7(2,5-9(11)12)8(3,4)6-10(13)14/h5-6H2,1-4H3. The van der Waals surface area contributed by atoms with Crippen molar-refractivity contribution in [3.8, 4) is 0 Å². The Labute approximate surface area is 82.6 Å². The topological polar surface area (TPSA) is 86.3 Å². The van der Waals surface area contributed by atoms with Crippen LogP contribution in [-0.2, 0) is 0 Å². The minimum Gasteiger partial charge on any atom is -0.265 e. The number of rotatable bonds is 5. The fraction of sp³-hybridized carbons (Fsp3) is 1.00. The van der Waals surface area contributed by atoms with Crippen LogP contribution in [0.1, 0.15) is 27.7 Å². The molecule has 0 saturated heterocycles. The quantitative estimate of drug-likeness (QED) is 0.502. The highest BCUT2D eigenvalue weighted by Gasteiger charge is 2.44. The summed E-state index contributed by atoms with van der Waals surface area (Å²) in [5.74, 6) is 0. The molecule has 0 aliphatic rings. The van der Waals surface area contributed by atoms with Crippen molar-refractivity contribution in [2.45, 2.75) is 27.7 Å². The van der Waals surface area contributed by atoms with E-state index in [2.05, 4.69) is 0 Å². The van der Waals surface area contributed by atoms with E-state index in [4.69, 9.17) is 0 Å². The van der Waals surface area contributed by atoms with Crippen molar-refractivity contribution in [2.24, 2.45) is 10.8 Å². The van der Waals surface area contributed by atoms with Gasteiger partial charge in [0.2, 0.25) is 13.1 Å². The molecule has 0 aromatic rings. The lowest BCUT2D eigenvalue weighted by Gasteiger charge is -2.34. The Balaban J connectivity index is 4.67. The van der Waals surface area contributed by atoms with Crippen LogP contribution in [0.25, 0.3) is 0 Å². The molecule has 14 heavy (non-hydrogen) atoms. The van der Waals surface area contributed by atoms with E-state index >= 15 is 0 Å². The summed E-state index contributed by atoms with van der Waals surface area (Å²) >= 11 is 0. The van der Waals surface area contributed by atoms with Gasteiger partial charge in [0.25, 0.3) is 0 Å². The zero-order valence-corrected chi connectivity index (χ0v) is 8.94. The van der Waals surface area contributed by atoms with Crippen LogP contribution in [0.5, 0.6) is 0 Å². The summed E-state index contributed by atoms with van der Waals surface area (Å²) in [6, 6.07) is 0. The third-order valence-electron chi connectivity index (χ3n) is 2.88. The third-order valence-corrected chi connectivity index (χ3v) is 2.88. The normalized spacial score (nSPS) is 12.6. The van der Waals surface area contributed by atoms with Crippen LogP contribution in [0, 0.1) is 31.1 Å². The van der Waals surface area contributed by atoms with Gasteiger partial charge in [-0.3, -0.25) is 20.2 Å². The van der Waals surface area contributed by atoms with Gasteiger partial charge in [-0.1, -0.05) is 27.7 Å². The van der Waals surface area contributed by atoms with Crippen molar-refractivity contribution < 1.29 is 9.85 Å². The van der Waals surface area contributed by atoms with Crippen molar-refractivity contribution in [1.82, 2.24) is 0 Å². The summed E-state index contributed by atoms with van der Waals surface area (Å²) < 4.78 is 0. The number of hydrogen-bond acceptors (Lipinski definition) is 4. The molecule has 0 atom stereocenters. The molecule has 0 spiro atoms. The summed E-state index contributed by atoms with van der Waals surface area (Å²) in [6.07, 6.45) is 0. The van der Waals surface area contributed by atoms with Crippen molar-refractivity contribution in [3.63, 3.8) is 0 Å². The molecule has 0 aromatic carbocycles. The Morgan fingerprint density at radius 2 is 1.07 bits per heavy atom. The van der Waals surface area contributed by atoms with E-state index in [9.17, 15) is 20.2 Å². The Hall–Kier alpha value is -1.20. The second kappa shape index (κ2) is 3.89. The van der Waals surface area contributed by atoms with Crippen molar-refractivity contribution in [3.05, 3.63) is 20.2 Å². The van der Waals surface area contributed by atoms with Gasteiger partial charge in [-0.2, -0.15) is 0 Å². The Morgan fingerprint density at radius 1 is 0.857 bits per heavy atom. The highest BCUT2D eigenvalue weighted by Crippen LogP contribution is 2.38. The maximum atomic E-state index is 10.4. The average Bonchev–Trinajstić information content (AvgIpc) is 1.78. The summed E-state index contributed by atoms with van der Waals surface area (Å²) in [5, 5.41) is 20.8. The van der Waals surface area contributed by atoms with Gasteiger partial charge >= 0.3 is 0 Å². The average molecular weight is 204 g/mol. The van der Waals surface area contributed by atoms with Crippen molar-refractivity contribution in [1.29, 1.82) is 0 Å². The molecule has 6 nitrogen and oxygen atoms in total. The number of nitro groups is 2. The van der Waals surface area contributed by atoms with Crippen molar-refractivity contribution >= 4 is 0 Å². The summed E-state index contributed by atoms with van der Waals surface area (Å²) in [4.78, 5) is 19.9. The lowest BCUT2D eigenvalue weighted by Crippen LogP contribution is -2.42. The Morgan fingerprint density at radius 3 is 1.21 bits per heavy atom. The van der Waals surface area contributed by atoms with Gasteiger partial charge in [0.15, 0.2) is 0 Å². The van der Waals surface area contributed by atoms with Gasteiger partial charge in [-0.25, -0.2) is 0 Å². The van der Waals surface area contributed by atoms with Crippen LogP contribution in [-0.4, -0.2) is 22.9 Å². The van der Waals surface area contributed by atoms with E-state index in [0.717, 1.165) is 0 Å². The molecule has 0 aliphatic heterocycles.